The van der Waals surface area contributed by atoms with Crippen LogP contribution in [0.4, 0.5) is 11.4 Å². The summed E-state index contributed by atoms with van der Waals surface area (Å²) >= 11 is 5.85. The molecule has 0 spiro atoms. The average molecular weight is 391 g/mol. The summed E-state index contributed by atoms with van der Waals surface area (Å²) in [4.78, 5) is 24.4. The second-order valence-corrected chi connectivity index (χ2v) is 6.66. The van der Waals surface area contributed by atoms with Gasteiger partial charge in [-0.1, -0.05) is 41.9 Å². The first kappa shape index (κ1) is 19.4. The van der Waals surface area contributed by atoms with Crippen molar-refractivity contribution in [3.8, 4) is 0 Å². The van der Waals surface area contributed by atoms with Gasteiger partial charge in [-0.05, 0) is 66.6 Å². The molecule has 28 heavy (non-hydrogen) atoms. The Hall–Kier alpha value is -3.37. The van der Waals surface area contributed by atoms with Crippen molar-refractivity contribution < 1.29 is 9.59 Å². The van der Waals surface area contributed by atoms with Crippen molar-refractivity contribution in [2.24, 2.45) is 0 Å². The molecule has 0 saturated heterocycles. The Morgan fingerprint density at radius 3 is 2.29 bits per heavy atom. The summed E-state index contributed by atoms with van der Waals surface area (Å²) in [5, 5.41) is 6.34. The largest absolute Gasteiger partial charge is 0.323 e. The lowest BCUT2D eigenvalue weighted by molar-refractivity contribution is -0.111. The number of carbonyl (C=O) groups excluding carboxylic acids is 2. The first-order chi connectivity index (χ1) is 13.5. The Balaban J connectivity index is 1.62. The Bertz CT molecular complexity index is 1010. The zero-order valence-electron chi connectivity index (χ0n) is 15.3. The highest BCUT2D eigenvalue weighted by Crippen LogP contribution is 2.20. The fourth-order valence-corrected chi connectivity index (χ4v) is 2.72. The van der Waals surface area contributed by atoms with Gasteiger partial charge < -0.3 is 10.6 Å². The lowest BCUT2D eigenvalue weighted by Gasteiger charge is -2.10. The molecule has 140 valence electrons. The standard InChI is InChI=1S/C23H19ClN2O2/c1-16-15-20(25-22(27)14-9-17-7-10-19(24)11-8-17)12-13-21(16)26-23(28)18-5-3-2-4-6-18/h2-15H,1H3,(H,25,27)(H,26,28)/b14-9+. The van der Waals surface area contributed by atoms with Gasteiger partial charge >= 0.3 is 0 Å². The van der Waals surface area contributed by atoms with Crippen molar-refractivity contribution in [3.63, 3.8) is 0 Å². The predicted octanol–water partition coefficient (Wildman–Crippen LogP) is 5.55. The number of anilines is 2. The van der Waals surface area contributed by atoms with Gasteiger partial charge in [0.2, 0.25) is 5.91 Å². The summed E-state index contributed by atoms with van der Waals surface area (Å²) in [6.45, 7) is 1.87. The van der Waals surface area contributed by atoms with Gasteiger partial charge in [0, 0.05) is 28.0 Å². The molecular formula is C23H19ClN2O2. The van der Waals surface area contributed by atoms with Gasteiger partial charge in [0.1, 0.15) is 0 Å². The van der Waals surface area contributed by atoms with Crippen molar-refractivity contribution in [1.82, 2.24) is 0 Å². The molecule has 0 fully saturated rings. The van der Waals surface area contributed by atoms with Crippen LogP contribution in [-0.2, 0) is 4.79 Å². The van der Waals surface area contributed by atoms with Crippen LogP contribution >= 0.6 is 11.6 Å². The van der Waals surface area contributed by atoms with Crippen molar-refractivity contribution >= 4 is 40.9 Å². The quantitative estimate of drug-likeness (QED) is 0.561. The minimum Gasteiger partial charge on any atom is -0.323 e. The Kier molecular flexibility index (Phi) is 6.25. The topological polar surface area (TPSA) is 58.2 Å². The van der Waals surface area contributed by atoms with Crippen molar-refractivity contribution in [2.75, 3.05) is 10.6 Å². The smallest absolute Gasteiger partial charge is 0.255 e. The first-order valence-corrected chi connectivity index (χ1v) is 9.11. The van der Waals surface area contributed by atoms with Crippen molar-refractivity contribution in [3.05, 3.63) is 101 Å². The van der Waals surface area contributed by atoms with Gasteiger partial charge in [0.15, 0.2) is 0 Å². The van der Waals surface area contributed by atoms with Crippen molar-refractivity contribution in [2.45, 2.75) is 6.92 Å². The molecular weight excluding hydrogens is 372 g/mol. The van der Waals surface area contributed by atoms with Gasteiger partial charge in [0.25, 0.3) is 5.91 Å². The minimum atomic E-state index is -0.240. The molecule has 3 rings (SSSR count). The number of hydrogen-bond donors (Lipinski definition) is 2. The maximum atomic E-state index is 12.3. The molecule has 2 amide bonds. The SMILES string of the molecule is Cc1cc(NC(=O)/C=C/c2ccc(Cl)cc2)ccc1NC(=O)c1ccccc1. The van der Waals surface area contributed by atoms with E-state index in [9.17, 15) is 9.59 Å². The van der Waals surface area contributed by atoms with Gasteiger partial charge in [-0.15, -0.1) is 0 Å². The van der Waals surface area contributed by atoms with Crippen LogP contribution in [0.5, 0.6) is 0 Å². The highest BCUT2D eigenvalue weighted by Gasteiger charge is 2.08. The second-order valence-electron chi connectivity index (χ2n) is 6.22. The number of hydrogen-bond acceptors (Lipinski definition) is 2. The van der Waals surface area contributed by atoms with Crippen LogP contribution in [0.2, 0.25) is 5.02 Å². The van der Waals surface area contributed by atoms with Crippen LogP contribution in [-0.4, -0.2) is 11.8 Å². The van der Waals surface area contributed by atoms with E-state index in [0.29, 0.717) is 22.0 Å². The lowest BCUT2D eigenvalue weighted by Crippen LogP contribution is -2.13. The van der Waals surface area contributed by atoms with Gasteiger partial charge in [0.05, 0.1) is 0 Å². The third kappa shape index (κ3) is 5.32. The number of amides is 2. The molecule has 0 unspecified atom stereocenters. The van der Waals surface area contributed by atoms with E-state index in [1.807, 2.05) is 43.3 Å². The first-order valence-electron chi connectivity index (χ1n) is 8.73. The fraction of sp³-hybridized carbons (Fsp3) is 0.0435. The molecule has 0 saturated carbocycles. The Morgan fingerprint density at radius 1 is 0.893 bits per heavy atom. The molecule has 3 aromatic carbocycles. The van der Waals surface area contributed by atoms with E-state index >= 15 is 0 Å². The van der Waals surface area contributed by atoms with E-state index in [1.54, 1.807) is 42.5 Å². The Labute approximate surface area is 168 Å². The number of aryl methyl sites for hydroxylation is 1. The third-order valence-electron chi connectivity index (χ3n) is 4.08. The van der Waals surface area contributed by atoms with Gasteiger partial charge in [-0.25, -0.2) is 0 Å². The third-order valence-corrected chi connectivity index (χ3v) is 4.33. The predicted molar refractivity (Wildman–Crippen MR) is 115 cm³/mol. The lowest BCUT2D eigenvalue weighted by atomic mass is 10.1. The monoisotopic (exact) mass is 390 g/mol. The molecule has 3 aromatic rings. The number of rotatable bonds is 5. The summed E-state index contributed by atoms with van der Waals surface area (Å²) in [5.41, 5.74) is 3.68. The number of carbonyl (C=O) groups is 2. The molecule has 0 aliphatic rings. The zero-order chi connectivity index (χ0) is 19.9. The maximum absolute atomic E-state index is 12.3. The molecule has 5 heteroatoms. The molecule has 0 atom stereocenters. The van der Waals surface area contributed by atoms with Gasteiger partial charge in [-0.3, -0.25) is 9.59 Å². The van der Waals surface area contributed by atoms with Crippen LogP contribution in [0.25, 0.3) is 6.08 Å². The molecule has 0 heterocycles. The molecule has 0 aliphatic heterocycles. The molecule has 0 aliphatic carbocycles. The highest BCUT2D eigenvalue weighted by molar-refractivity contribution is 6.30. The van der Waals surface area contributed by atoms with Crippen molar-refractivity contribution in [1.29, 1.82) is 0 Å². The molecule has 0 aromatic heterocycles. The molecule has 2 N–H and O–H groups in total. The van der Waals surface area contributed by atoms with E-state index < -0.39 is 0 Å². The van der Waals surface area contributed by atoms with Crippen LogP contribution in [0.1, 0.15) is 21.5 Å². The van der Waals surface area contributed by atoms with E-state index in [4.69, 9.17) is 11.6 Å². The fourth-order valence-electron chi connectivity index (χ4n) is 2.60. The van der Waals surface area contributed by atoms with Crippen LogP contribution in [0.3, 0.4) is 0 Å². The van der Waals surface area contributed by atoms with Gasteiger partial charge in [-0.2, -0.15) is 0 Å². The number of halogens is 1. The van der Waals surface area contributed by atoms with E-state index in [2.05, 4.69) is 10.6 Å². The van der Waals surface area contributed by atoms with E-state index in [1.165, 1.54) is 6.08 Å². The van der Waals surface area contributed by atoms with E-state index in [-0.39, 0.29) is 11.8 Å². The van der Waals surface area contributed by atoms with Crippen LogP contribution in [0.15, 0.2) is 78.9 Å². The minimum absolute atomic E-state index is 0.175. The number of nitrogens with one attached hydrogen (secondary N) is 2. The maximum Gasteiger partial charge on any atom is 0.255 e. The summed E-state index contributed by atoms with van der Waals surface area (Å²) in [5.74, 6) is -0.415. The highest BCUT2D eigenvalue weighted by atomic mass is 35.5. The number of benzene rings is 3. The summed E-state index contributed by atoms with van der Waals surface area (Å²) in [6, 6.07) is 21.6. The Morgan fingerprint density at radius 2 is 1.61 bits per heavy atom. The van der Waals surface area contributed by atoms with Crippen LogP contribution in [0, 0.1) is 6.92 Å². The zero-order valence-corrected chi connectivity index (χ0v) is 16.0. The summed E-state index contributed by atoms with van der Waals surface area (Å²) in [7, 11) is 0. The average Bonchev–Trinajstić information content (AvgIpc) is 2.70. The summed E-state index contributed by atoms with van der Waals surface area (Å²) < 4.78 is 0. The normalized spacial score (nSPS) is 10.6. The molecule has 0 bridgehead atoms. The second kappa shape index (κ2) is 9.02. The summed E-state index contributed by atoms with van der Waals surface area (Å²) in [6.07, 6.45) is 3.18. The molecule has 0 radical (unpaired) electrons. The molecule has 4 nitrogen and oxygen atoms in total. The van der Waals surface area contributed by atoms with Crippen LogP contribution < -0.4 is 10.6 Å². The van der Waals surface area contributed by atoms with E-state index in [0.717, 1.165) is 11.1 Å².